The molecule has 8 nitrogen and oxygen atoms in total. The second-order valence-electron chi connectivity index (χ2n) is 12.0. The van der Waals surface area contributed by atoms with E-state index in [9.17, 15) is 0 Å². The molecular formula is C39H46O8. The molecule has 0 aliphatic carbocycles. The summed E-state index contributed by atoms with van der Waals surface area (Å²) in [6, 6.07) is 35.8. The van der Waals surface area contributed by atoms with Crippen molar-refractivity contribution in [2.75, 3.05) is 27.4 Å². The molecule has 1 aliphatic heterocycles. The predicted octanol–water partition coefficient (Wildman–Crippen LogP) is 7.13. The van der Waals surface area contributed by atoms with E-state index in [0.29, 0.717) is 39.6 Å². The minimum Gasteiger partial charge on any atom is -0.497 e. The van der Waals surface area contributed by atoms with E-state index in [-0.39, 0.29) is 0 Å². The van der Waals surface area contributed by atoms with Gasteiger partial charge in [-0.2, -0.15) is 0 Å². The molecule has 0 amide bonds. The smallest absolute Gasteiger partial charge is 0.164 e. The zero-order chi connectivity index (χ0) is 32.9. The van der Waals surface area contributed by atoms with Crippen molar-refractivity contribution in [2.45, 2.75) is 70.5 Å². The lowest BCUT2D eigenvalue weighted by atomic mass is 10.0. The van der Waals surface area contributed by atoms with Gasteiger partial charge in [-0.25, -0.2) is 0 Å². The van der Waals surface area contributed by atoms with Crippen molar-refractivity contribution < 1.29 is 37.9 Å². The Morgan fingerprint density at radius 2 is 0.872 bits per heavy atom. The Morgan fingerprint density at radius 1 is 0.511 bits per heavy atom. The Balaban J connectivity index is 1.35. The minimum atomic E-state index is -0.877. The van der Waals surface area contributed by atoms with Crippen LogP contribution in [-0.2, 0) is 54.8 Å². The Kier molecular flexibility index (Phi) is 12.8. The van der Waals surface area contributed by atoms with E-state index >= 15 is 0 Å². The monoisotopic (exact) mass is 642 g/mol. The van der Waals surface area contributed by atoms with E-state index in [1.54, 1.807) is 14.2 Å². The molecule has 0 radical (unpaired) electrons. The molecule has 4 atom stereocenters. The average Bonchev–Trinajstić information content (AvgIpc) is 3.43. The van der Waals surface area contributed by atoms with Gasteiger partial charge in [0.1, 0.15) is 35.9 Å². The molecule has 1 fully saturated rings. The molecular weight excluding hydrogens is 596 g/mol. The summed E-state index contributed by atoms with van der Waals surface area (Å²) in [6.45, 7) is 6.03. The van der Waals surface area contributed by atoms with Gasteiger partial charge in [0.15, 0.2) is 5.79 Å². The first kappa shape index (κ1) is 34.6. The number of rotatable bonds is 18. The lowest BCUT2D eigenvalue weighted by Gasteiger charge is -2.31. The molecule has 0 bridgehead atoms. The Bertz CT molecular complexity index is 1330. The van der Waals surface area contributed by atoms with Crippen molar-refractivity contribution in [3.8, 4) is 11.5 Å². The molecule has 47 heavy (non-hydrogen) atoms. The van der Waals surface area contributed by atoms with Gasteiger partial charge in [0.2, 0.25) is 0 Å². The fourth-order valence-electron chi connectivity index (χ4n) is 5.45. The standard InChI is InChI=1S/C39H46O8/c1-39(2)46-37(35(27-42-23-29-11-7-5-8-12-29)44-25-31-15-19-33(40-3)20-16-31)38(47-39)36(28-43-24-30-13-9-6-10-14-30)45-26-32-17-21-34(41-4)22-18-32/h5-22,35-38H,23-28H2,1-4H3/t35-,36-,37-,38-/m1/s1. The van der Waals surface area contributed by atoms with Gasteiger partial charge >= 0.3 is 0 Å². The van der Waals surface area contributed by atoms with E-state index in [4.69, 9.17) is 37.9 Å². The van der Waals surface area contributed by atoms with E-state index in [2.05, 4.69) is 0 Å². The number of hydrogen-bond acceptors (Lipinski definition) is 8. The Labute approximate surface area is 278 Å². The van der Waals surface area contributed by atoms with Crippen molar-refractivity contribution in [1.29, 1.82) is 0 Å². The van der Waals surface area contributed by atoms with Gasteiger partial charge in [-0.3, -0.25) is 0 Å². The van der Waals surface area contributed by atoms with E-state index in [1.807, 2.05) is 123 Å². The van der Waals surface area contributed by atoms with Crippen molar-refractivity contribution in [3.05, 3.63) is 131 Å². The molecule has 4 aromatic rings. The van der Waals surface area contributed by atoms with Crippen molar-refractivity contribution in [1.82, 2.24) is 0 Å². The van der Waals surface area contributed by atoms with Crippen molar-refractivity contribution in [3.63, 3.8) is 0 Å². The van der Waals surface area contributed by atoms with Gasteiger partial charge in [0.05, 0.1) is 53.9 Å². The summed E-state index contributed by atoms with van der Waals surface area (Å²) in [5.41, 5.74) is 4.17. The van der Waals surface area contributed by atoms with Gasteiger partial charge in [0.25, 0.3) is 0 Å². The van der Waals surface area contributed by atoms with E-state index in [0.717, 1.165) is 33.8 Å². The van der Waals surface area contributed by atoms with Crippen LogP contribution in [-0.4, -0.2) is 57.6 Å². The summed E-state index contributed by atoms with van der Waals surface area (Å²) in [7, 11) is 3.31. The van der Waals surface area contributed by atoms with Gasteiger partial charge in [-0.05, 0) is 60.4 Å². The molecule has 250 valence electrons. The molecule has 8 heteroatoms. The number of benzene rings is 4. The van der Waals surface area contributed by atoms with Crippen LogP contribution in [0, 0.1) is 0 Å². The number of ether oxygens (including phenoxy) is 8. The van der Waals surface area contributed by atoms with Crippen molar-refractivity contribution >= 4 is 0 Å². The van der Waals surface area contributed by atoms with Gasteiger partial charge in [0, 0.05) is 0 Å². The molecule has 1 saturated heterocycles. The summed E-state index contributed by atoms with van der Waals surface area (Å²) in [6.07, 6.45) is -1.93. The van der Waals surface area contributed by atoms with Crippen LogP contribution >= 0.6 is 0 Å². The van der Waals surface area contributed by atoms with Crippen LogP contribution in [0.3, 0.4) is 0 Å². The highest BCUT2D eigenvalue weighted by Gasteiger charge is 2.49. The normalized spacial score (nSPS) is 18.5. The fourth-order valence-corrected chi connectivity index (χ4v) is 5.45. The summed E-state index contributed by atoms with van der Waals surface area (Å²) >= 11 is 0. The predicted molar refractivity (Wildman–Crippen MR) is 179 cm³/mol. The molecule has 5 rings (SSSR count). The first-order chi connectivity index (χ1) is 22.9. The molecule has 0 N–H and O–H groups in total. The molecule has 4 aromatic carbocycles. The topological polar surface area (TPSA) is 73.8 Å². The summed E-state index contributed by atoms with van der Waals surface area (Å²) in [4.78, 5) is 0. The van der Waals surface area contributed by atoms with Crippen LogP contribution in [0.5, 0.6) is 11.5 Å². The first-order valence-electron chi connectivity index (χ1n) is 16.0. The van der Waals surface area contributed by atoms with Crippen LogP contribution in [0.2, 0.25) is 0 Å². The average molecular weight is 643 g/mol. The summed E-state index contributed by atoms with van der Waals surface area (Å²) < 4.78 is 49.5. The largest absolute Gasteiger partial charge is 0.497 e. The molecule has 0 unspecified atom stereocenters. The lowest BCUT2D eigenvalue weighted by Crippen LogP contribution is -2.47. The highest BCUT2D eigenvalue weighted by molar-refractivity contribution is 5.27. The zero-order valence-electron chi connectivity index (χ0n) is 27.7. The van der Waals surface area contributed by atoms with Crippen LogP contribution in [0.1, 0.15) is 36.1 Å². The number of methoxy groups -OCH3 is 2. The van der Waals surface area contributed by atoms with Gasteiger partial charge in [-0.15, -0.1) is 0 Å². The Morgan fingerprint density at radius 3 is 1.23 bits per heavy atom. The van der Waals surface area contributed by atoms with Crippen LogP contribution in [0.4, 0.5) is 0 Å². The minimum absolute atomic E-state index is 0.293. The molecule has 0 aromatic heterocycles. The third-order valence-electron chi connectivity index (χ3n) is 7.93. The lowest BCUT2D eigenvalue weighted by molar-refractivity contribution is -0.172. The molecule has 0 spiro atoms. The third kappa shape index (κ3) is 10.6. The number of hydrogen-bond donors (Lipinski definition) is 0. The zero-order valence-corrected chi connectivity index (χ0v) is 27.7. The summed E-state index contributed by atoms with van der Waals surface area (Å²) in [5.74, 6) is 0.703. The second-order valence-corrected chi connectivity index (χ2v) is 12.0. The molecule has 0 saturated carbocycles. The molecule has 1 aliphatic rings. The van der Waals surface area contributed by atoms with E-state index in [1.165, 1.54) is 0 Å². The van der Waals surface area contributed by atoms with E-state index < -0.39 is 30.2 Å². The summed E-state index contributed by atoms with van der Waals surface area (Å²) in [5, 5.41) is 0. The second kappa shape index (κ2) is 17.4. The van der Waals surface area contributed by atoms with Crippen LogP contribution in [0.15, 0.2) is 109 Å². The van der Waals surface area contributed by atoms with Crippen LogP contribution < -0.4 is 9.47 Å². The first-order valence-corrected chi connectivity index (χ1v) is 16.0. The quantitative estimate of drug-likeness (QED) is 0.114. The highest BCUT2D eigenvalue weighted by atomic mass is 16.8. The maximum atomic E-state index is 6.58. The highest BCUT2D eigenvalue weighted by Crippen LogP contribution is 2.35. The maximum Gasteiger partial charge on any atom is 0.164 e. The third-order valence-corrected chi connectivity index (χ3v) is 7.93. The van der Waals surface area contributed by atoms with Gasteiger partial charge < -0.3 is 37.9 Å². The SMILES string of the molecule is COc1ccc(CO[C@H](COCc2ccccc2)[C@H]2OC(C)(C)O[C@@H]2[C@@H](COCc2ccccc2)OCc2ccc(OC)cc2)cc1. The fraction of sp³-hybridized carbons (Fsp3) is 0.385. The van der Waals surface area contributed by atoms with Crippen molar-refractivity contribution in [2.24, 2.45) is 0 Å². The van der Waals surface area contributed by atoms with Gasteiger partial charge in [-0.1, -0.05) is 84.9 Å². The molecule has 1 heterocycles. The maximum absolute atomic E-state index is 6.58. The van der Waals surface area contributed by atoms with Crippen LogP contribution in [0.25, 0.3) is 0 Å². The Hall–Kier alpha value is -3.76.